The topological polar surface area (TPSA) is 27.0 Å². The van der Waals surface area contributed by atoms with E-state index in [4.69, 9.17) is 5.26 Å². The molecule has 0 aliphatic carbocycles. The molecule has 128 valence electrons. The SMILES string of the molecule is C=CC1c2cc(CCCCC)ccc2N(c2ccc(C#N)cc2)C1C. The minimum Gasteiger partial charge on any atom is -0.337 e. The fourth-order valence-electron chi connectivity index (χ4n) is 3.86. The lowest BCUT2D eigenvalue weighted by molar-refractivity contribution is 0.689. The van der Waals surface area contributed by atoms with Crippen molar-refractivity contribution in [1.82, 2.24) is 0 Å². The van der Waals surface area contributed by atoms with E-state index in [1.54, 1.807) is 0 Å². The number of aryl methyl sites for hydroxylation is 1. The van der Waals surface area contributed by atoms with Crippen molar-refractivity contribution in [2.24, 2.45) is 0 Å². The summed E-state index contributed by atoms with van der Waals surface area (Å²) in [5, 5.41) is 9.03. The first-order valence-corrected chi connectivity index (χ1v) is 9.24. The maximum atomic E-state index is 9.03. The van der Waals surface area contributed by atoms with Crippen molar-refractivity contribution in [3.63, 3.8) is 0 Å². The van der Waals surface area contributed by atoms with Gasteiger partial charge in [-0.2, -0.15) is 5.26 Å². The van der Waals surface area contributed by atoms with Crippen molar-refractivity contribution >= 4 is 11.4 Å². The standard InChI is InChI=1S/C23H26N2/c1-4-6-7-8-18-11-14-23-22(15-18)21(5-2)17(3)25(23)20-12-9-19(16-24)10-13-20/h5,9-15,17,21H,2,4,6-8H2,1,3H3. The van der Waals surface area contributed by atoms with E-state index >= 15 is 0 Å². The number of anilines is 2. The number of hydrogen-bond acceptors (Lipinski definition) is 2. The van der Waals surface area contributed by atoms with Crippen LogP contribution in [-0.4, -0.2) is 6.04 Å². The fourth-order valence-corrected chi connectivity index (χ4v) is 3.86. The molecule has 1 heterocycles. The highest BCUT2D eigenvalue weighted by molar-refractivity contribution is 5.74. The highest BCUT2D eigenvalue weighted by Crippen LogP contribution is 2.46. The van der Waals surface area contributed by atoms with Crippen LogP contribution in [-0.2, 0) is 6.42 Å². The molecule has 1 aliphatic rings. The quantitative estimate of drug-likeness (QED) is 0.472. The van der Waals surface area contributed by atoms with Gasteiger partial charge in [-0.15, -0.1) is 6.58 Å². The third-order valence-electron chi connectivity index (χ3n) is 5.24. The monoisotopic (exact) mass is 330 g/mol. The maximum absolute atomic E-state index is 9.03. The largest absolute Gasteiger partial charge is 0.337 e. The van der Waals surface area contributed by atoms with Crippen LogP contribution in [0.1, 0.15) is 55.7 Å². The van der Waals surface area contributed by atoms with E-state index in [9.17, 15) is 0 Å². The van der Waals surface area contributed by atoms with Crippen LogP contribution in [0.5, 0.6) is 0 Å². The van der Waals surface area contributed by atoms with Crippen molar-refractivity contribution in [1.29, 1.82) is 5.26 Å². The molecule has 0 saturated heterocycles. The number of fused-ring (bicyclic) bond motifs is 1. The maximum Gasteiger partial charge on any atom is 0.0991 e. The molecule has 25 heavy (non-hydrogen) atoms. The van der Waals surface area contributed by atoms with Crippen LogP contribution in [0.25, 0.3) is 0 Å². The summed E-state index contributed by atoms with van der Waals surface area (Å²) in [6.07, 6.45) is 7.02. The van der Waals surface area contributed by atoms with Gasteiger partial charge in [0, 0.05) is 23.3 Å². The molecule has 0 aromatic heterocycles. The van der Waals surface area contributed by atoms with Crippen molar-refractivity contribution < 1.29 is 0 Å². The smallest absolute Gasteiger partial charge is 0.0991 e. The van der Waals surface area contributed by atoms with Crippen LogP contribution >= 0.6 is 0 Å². The first-order valence-electron chi connectivity index (χ1n) is 9.24. The normalized spacial score (nSPS) is 18.7. The van der Waals surface area contributed by atoms with Gasteiger partial charge in [0.2, 0.25) is 0 Å². The Morgan fingerprint density at radius 3 is 2.56 bits per heavy atom. The number of unbranched alkanes of at least 4 members (excludes halogenated alkanes) is 2. The Balaban J connectivity index is 1.95. The summed E-state index contributed by atoms with van der Waals surface area (Å²) in [4.78, 5) is 2.37. The molecule has 2 nitrogen and oxygen atoms in total. The summed E-state index contributed by atoms with van der Waals surface area (Å²) in [6, 6.07) is 17.3. The Labute approximate surface area is 151 Å². The zero-order valence-corrected chi connectivity index (χ0v) is 15.2. The van der Waals surface area contributed by atoms with Gasteiger partial charge >= 0.3 is 0 Å². The van der Waals surface area contributed by atoms with E-state index in [0.29, 0.717) is 17.5 Å². The van der Waals surface area contributed by atoms with E-state index in [1.165, 1.54) is 36.1 Å². The molecule has 0 bridgehead atoms. The summed E-state index contributed by atoms with van der Waals surface area (Å²) < 4.78 is 0. The Morgan fingerprint density at radius 1 is 1.16 bits per heavy atom. The van der Waals surface area contributed by atoms with Gasteiger partial charge in [0.15, 0.2) is 0 Å². The van der Waals surface area contributed by atoms with Gasteiger partial charge in [-0.1, -0.05) is 38.0 Å². The van der Waals surface area contributed by atoms with Crippen LogP contribution in [0.3, 0.4) is 0 Å². The summed E-state index contributed by atoms with van der Waals surface area (Å²) in [7, 11) is 0. The zero-order valence-electron chi connectivity index (χ0n) is 15.2. The van der Waals surface area contributed by atoms with E-state index < -0.39 is 0 Å². The Bertz CT molecular complexity index is 783. The Morgan fingerprint density at radius 2 is 1.92 bits per heavy atom. The van der Waals surface area contributed by atoms with Crippen LogP contribution in [0.4, 0.5) is 11.4 Å². The molecule has 3 rings (SSSR count). The predicted octanol–water partition coefficient (Wildman–Crippen LogP) is 6.10. The van der Waals surface area contributed by atoms with Crippen molar-refractivity contribution in [2.75, 3.05) is 4.90 Å². The number of nitrogens with zero attached hydrogens (tertiary/aromatic N) is 2. The summed E-state index contributed by atoms with van der Waals surface area (Å²) in [5.74, 6) is 0.330. The van der Waals surface area contributed by atoms with Crippen LogP contribution in [0.15, 0.2) is 55.1 Å². The van der Waals surface area contributed by atoms with Gasteiger partial charge in [-0.3, -0.25) is 0 Å². The third kappa shape index (κ3) is 3.33. The molecular weight excluding hydrogens is 304 g/mol. The van der Waals surface area contributed by atoms with Crippen LogP contribution < -0.4 is 4.90 Å². The molecule has 0 fully saturated rings. The molecule has 2 unspecified atom stereocenters. The van der Waals surface area contributed by atoms with Gasteiger partial charge in [-0.25, -0.2) is 0 Å². The molecule has 2 heteroatoms. The van der Waals surface area contributed by atoms with Gasteiger partial charge in [-0.05, 0) is 61.2 Å². The number of nitriles is 1. The average molecular weight is 330 g/mol. The molecule has 0 spiro atoms. The second-order valence-electron chi connectivity index (χ2n) is 6.88. The second-order valence-corrected chi connectivity index (χ2v) is 6.88. The molecule has 2 aromatic carbocycles. The molecule has 2 atom stereocenters. The second kappa shape index (κ2) is 7.57. The Kier molecular flexibility index (Phi) is 5.24. The van der Waals surface area contributed by atoms with Gasteiger partial charge < -0.3 is 4.90 Å². The highest BCUT2D eigenvalue weighted by Gasteiger charge is 2.34. The van der Waals surface area contributed by atoms with Crippen molar-refractivity contribution in [3.05, 3.63) is 71.8 Å². The number of hydrogen-bond donors (Lipinski definition) is 0. The van der Waals surface area contributed by atoms with E-state index in [2.05, 4.69) is 55.7 Å². The van der Waals surface area contributed by atoms with Crippen LogP contribution in [0, 0.1) is 11.3 Å². The predicted molar refractivity (Wildman–Crippen MR) is 105 cm³/mol. The Hall–Kier alpha value is -2.53. The molecule has 0 saturated carbocycles. The lowest BCUT2D eigenvalue weighted by Gasteiger charge is -2.26. The minimum absolute atomic E-state index is 0.325. The molecule has 2 aromatic rings. The molecular formula is C23H26N2. The number of benzene rings is 2. The zero-order chi connectivity index (χ0) is 17.8. The molecule has 1 aliphatic heterocycles. The van der Waals surface area contributed by atoms with E-state index in [0.717, 1.165) is 12.1 Å². The van der Waals surface area contributed by atoms with Gasteiger partial charge in [0.05, 0.1) is 11.6 Å². The molecule has 0 radical (unpaired) electrons. The fraction of sp³-hybridized carbons (Fsp3) is 0.348. The van der Waals surface area contributed by atoms with E-state index in [-0.39, 0.29) is 0 Å². The third-order valence-corrected chi connectivity index (χ3v) is 5.24. The van der Waals surface area contributed by atoms with Gasteiger partial charge in [0.1, 0.15) is 0 Å². The summed E-state index contributed by atoms with van der Waals surface area (Å²) >= 11 is 0. The van der Waals surface area contributed by atoms with Crippen molar-refractivity contribution in [2.45, 2.75) is 51.5 Å². The highest BCUT2D eigenvalue weighted by atomic mass is 15.2. The lowest BCUT2D eigenvalue weighted by atomic mass is 9.93. The van der Waals surface area contributed by atoms with Crippen LogP contribution in [0.2, 0.25) is 0 Å². The first-order chi connectivity index (χ1) is 12.2. The lowest BCUT2D eigenvalue weighted by Crippen LogP contribution is -2.26. The number of rotatable bonds is 6. The van der Waals surface area contributed by atoms with Gasteiger partial charge in [0.25, 0.3) is 0 Å². The van der Waals surface area contributed by atoms with E-state index in [1.807, 2.05) is 24.3 Å². The minimum atomic E-state index is 0.325. The first kappa shape index (κ1) is 17.3. The van der Waals surface area contributed by atoms with Crippen molar-refractivity contribution in [3.8, 4) is 6.07 Å². The average Bonchev–Trinajstić information content (AvgIpc) is 2.92. The molecule has 0 N–H and O–H groups in total. The summed E-state index contributed by atoms with van der Waals surface area (Å²) in [6.45, 7) is 8.58. The molecule has 0 amide bonds. The summed E-state index contributed by atoms with van der Waals surface area (Å²) in [5.41, 5.74) is 5.90.